The van der Waals surface area contributed by atoms with Crippen LogP contribution in [0.4, 0.5) is 5.69 Å². The van der Waals surface area contributed by atoms with Gasteiger partial charge >= 0.3 is 0 Å². The maximum absolute atomic E-state index is 13.0. The van der Waals surface area contributed by atoms with Crippen LogP contribution in [0.15, 0.2) is 70.5 Å². The molecule has 0 amide bonds. The second-order valence-corrected chi connectivity index (χ2v) is 9.87. The van der Waals surface area contributed by atoms with Crippen molar-refractivity contribution in [3.8, 4) is 0 Å². The van der Waals surface area contributed by atoms with Gasteiger partial charge in [0.1, 0.15) is 4.90 Å². The van der Waals surface area contributed by atoms with Gasteiger partial charge in [0.2, 0.25) is 0 Å². The van der Waals surface area contributed by atoms with Crippen LogP contribution in [0.3, 0.4) is 0 Å². The number of nitrogens with zero attached hydrogens (tertiary/aromatic N) is 1. The Labute approximate surface area is 165 Å². The highest BCUT2D eigenvalue weighted by Crippen LogP contribution is 2.28. The molecule has 3 rings (SSSR count). The quantitative estimate of drug-likeness (QED) is 0.661. The fourth-order valence-corrected chi connectivity index (χ4v) is 6.25. The zero-order valence-corrected chi connectivity index (χ0v) is 17.5. The topological polar surface area (TPSA) is 85.2 Å². The molecule has 0 aliphatic heterocycles. The van der Waals surface area contributed by atoms with Crippen molar-refractivity contribution in [2.75, 3.05) is 4.72 Å². The van der Waals surface area contributed by atoms with Crippen molar-refractivity contribution >= 4 is 25.7 Å². The van der Waals surface area contributed by atoms with Gasteiger partial charge in [0, 0.05) is 5.69 Å². The van der Waals surface area contributed by atoms with E-state index in [4.69, 9.17) is 0 Å². The summed E-state index contributed by atoms with van der Waals surface area (Å²) in [5, 5.41) is 0. The summed E-state index contributed by atoms with van der Waals surface area (Å²) in [6, 6.07) is 16.5. The highest BCUT2D eigenvalue weighted by atomic mass is 32.2. The minimum absolute atomic E-state index is 0.0598. The van der Waals surface area contributed by atoms with E-state index in [9.17, 15) is 16.8 Å². The smallest absolute Gasteiger partial charge is 0.268 e. The Kier molecular flexibility index (Phi) is 5.36. The van der Waals surface area contributed by atoms with Crippen LogP contribution >= 0.6 is 0 Å². The highest BCUT2D eigenvalue weighted by molar-refractivity contribution is 7.93. The van der Waals surface area contributed by atoms with E-state index in [1.165, 1.54) is 25.1 Å². The first-order valence-corrected chi connectivity index (χ1v) is 11.7. The number of sulfonamides is 1. The average molecular weight is 419 g/mol. The lowest BCUT2D eigenvalue weighted by Crippen LogP contribution is -2.18. The van der Waals surface area contributed by atoms with Crippen LogP contribution in [0.2, 0.25) is 0 Å². The molecule has 0 spiro atoms. The SMILES string of the molecule is CCc1ccccc1NS(=O)(=O)c1cc(C)n(S(=O)(=O)c2ccccc2)c1C. The standard InChI is InChI=1S/C20H22N2O4S2/c1-4-17-10-8-9-13-19(17)21-27(23,24)20-14-15(2)22(16(20)3)28(25,26)18-11-6-5-7-12-18/h5-14,21H,4H2,1-3H3. The molecule has 0 aliphatic rings. The van der Waals surface area contributed by atoms with Crippen molar-refractivity contribution in [1.82, 2.24) is 3.97 Å². The first-order valence-electron chi connectivity index (χ1n) is 8.78. The lowest BCUT2D eigenvalue weighted by atomic mass is 10.1. The van der Waals surface area contributed by atoms with Crippen molar-refractivity contribution in [3.63, 3.8) is 0 Å². The predicted octanol–water partition coefficient (Wildman–Crippen LogP) is 3.71. The Balaban J connectivity index is 2.09. The third-order valence-electron chi connectivity index (χ3n) is 4.54. The molecule has 0 fully saturated rings. The zero-order chi connectivity index (χ0) is 20.5. The number of anilines is 1. The predicted molar refractivity (Wildman–Crippen MR) is 110 cm³/mol. The van der Waals surface area contributed by atoms with Crippen molar-refractivity contribution in [2.45, 2.75) is 37.0 Å². The lowest BCUT2D eigenvalue weighted by molar-refractivity contribution is 0.584. The van der Waals surface area contributed by atoms with Crippen LogP contribution in [0.5, 0.6) is 0 Å². The summed E-state index contributed by atoms with van der Waals surface area (Å²) < 4.78 is 55.7. The van der Waals surface area contributed by atoms with Crippen LogP contribution in [0.1, 0.15) is 23.9 Å². The van der Waals surface area contributed by atoms with Gasteiger partial charge in [-0.25, -0.2) is 20.8 Å². The van der Waals surface area contributed by atoms with Crippen molar-refractivity contribution in [3.05, 3.63) is 77.6 Å². The Hall–Kier alpha value is -2.58. The Morgan fingerprint density at radius 1 is 0.893 bits per heavy atom. The Morgan fingerprint density at radius 3 is 2.14 bits per heavy atom. The number of aryl methyl sites for hydroxylation is 2. The molecular weight excluding hydrogens is 396 g/mol. The molecule has 6 nitrogen and oxygen atoms in total. The van der Waals surface area contributed by atoms with Crippen LogP contribution in [-0.2, 0) is 26.5 Å². The van der Waals surface area contributed by atoms with Gasteiger partial charge in [-0.1, -0.05) is 43.3 Å². The molecule has 1 heterocycles. The second-order valence-electron chi connectivity index (χ2n) is 6.43. The van der Waals surface area contributed by atoms with E-state index < -0.39 is 20.0 Å². The highest BCUT2D eigenvalue weighted by Gasteiger charge is 2.28. The van der Waals surface area contributed by atoms with Crippen LogP contribution in [-0.4, -0.2) is 20.8 Å². The van der Waals surface area contributed by atoms with Crippen LogP contribution < -0.4 is 4.72 Å². The summed E-state index contributed by atoms with van der Waals surface area (Å²) in [6.07, 6.45) is 0.667. The van der Waals surface area contributed by atoms with Gasteiger partial charge < -0.3 is 0 Å². The molecule has 0 saturated heterocycles. The van der Waals surface area contributed by atoms with Gasteiger partial charge in [-0.05, 0) is 50.1 Å². The third kappa shape index (κ3) is 3.57. The maximum Gasteiger partial charge on any atom is 0.268 e. The molecule has 1 N–H and O–H groups in total. The molecule has 28 heavy (non-hydrogen) atoms. The largest absolute Gasteiger partial charge is 0.279 e. The molecule has 3 aromatic rings. The van der Waals surface area contributed by atoms with Crippen molar-refractivity contribution < 1.29 is 16.8 Å². The molecule has 1 aromatic heterocycles. The van der Waals surface area contributed by atoms with E-state index in [1.807, 2.05) is 19.1 Å². The molecule has 0 saturated carbocycles. The molecule has 2 aromatic carbocycles. The summed E-state index contributed by atoms with van der Waals surface area (Å²) in [5.74, 6) is 0. The van der Waals surface area contributed by atoms with Gasteiger partial charge in [-0.3, -0.25) is 4.72 Å². The summed E-state index contributed by atoms with van der Waals surface area (Å²) in [5.41, 5.74) is 1.81. The molecule has 0 bridgehead atoms. The lowest BCUT2D eigenvalue weighted by Gasteiger charge is -2.13. The second kappa shape index (κ2) is 7.44. The molecular formula is C20H22N2O4S2. The van der Waals surface area contributed by atoms with E-state index in [0.29, 0.717) is 17.8 Å². The van der Waals surface area contributed by atoms with E-state index in [0.717, 1.165) is 9.54 Å². The van der Waals surface area contributed by atoms with Gasteiger partial charge in [-0.15, -0.1) is 0 Å². The number of rotatable bonds is 6. The molecule has 0 radical (unpaired) electrons. The molecule has 148 valence electrons. The van der Waals surface area contributed by atoms with Gasteiger partial charge in [0.15, 0.2) is 0 Å². The summed E-state index contributed by atoms with van der Waals surface area (Å²) in [7, 11) is -7.86. The van der Waals surface area contributed by atoms with Crippen LogP contribution in [0.25, 0.3) is 0 Å². The van der Waals surface area contributed by atoms with E-state index in [1.54, 1.807) is 37.3 Å². The minimum atomic E-state index is -3.96. The number of hydrogen-bond donors (Lipinski definition) is 1. The first kappa shape index (κ1) is 20.2. The van der Waals surface area contributed by atoms with Crippen molar-refractivity contribution in [1.29, 1.82) is 0 Å². The van der Waals surface area contributed by atoms with Gasteiger partial charge in [-0.2, -0.15) is 0 Å². The monoisotopic (exact) mass is 418 g/mol. The summed E-state index contributed by atoms with van der Waals surface area (Å²) in [6.45, 7) is 5.01. The number of benzene rings is 2. The summed E-state index contributed by atoms with van der Waals surface area (Å²) in [4.78, 5) is 0.0421. The Bertz CT molecular complexity index is 1210. The summed E-state index contributed by atoms with van der Waals surface area (Å²) >= 11 is 0. The zero-order valence-electron chi connectivity index (χ0n) is 15.9. The number of nitrogens with one attached hydrogen (secondary N) is 1. The number of para-hydroxylation sites is 1. The van der Waals surface area contributed by atoms with E-state index >= 15 is 0 Å². The molecule has 0 unspecified atom stereocenters. The number of aromatic nitrogens is 1. The fraction of sp³-hybridized carbons (Fsp3) is 0.200. The third-order valence-corrected chi connectivity index (χ3v) is 7.93. The Morgan fingerprint density at radius 2 is 1.50 bits per heavy atom. The van der Waals surface area contributed by atoms with Gasteiger partial charge in [0.05, 0.1) is 16.3 Å². The van der Waals surface area contributed by atoms with E-state index in [2.05, 4.69) is 4.72 Å². The molecule has 8 heteroatoms. The first-order chi connectivity index (χ1) is 13.2. The van der Waals surface area contributed by atoms with Crippen molar-refractivity contribution in [2.24, 2.45) is 0 Å². The number of hydrogen-bond acceptors (Lipinski definition) is 4. The maximum atomic E-state index is 13.0. The van der Waals surface area contributed by atoms with E-state index in [-0.39, 0.29) is 15.5 Å². The van der Waals surface area contributed by atoms with Gasteiger partial charge in [0.25, 0.3) is 20.0 Å². The molecule has 0 atom stereocenters. The normalized spacial score (nSPS) is 12.1. The van der Waals surface area contributed by atoms with Crippen LogP contribution in [0, 0.1) is 13.8 Å². The fourth-order valence-electron chi connectivity index (χ4n) is 3.19. The average Bonchev–Trinajstić information content (AvgIpc) is 2.98. The minimum Gasteiger partial charge on any atom is -0.279 e. The molecule has 0 aliphatic carbocycles.